The minimum atomic E-state index is -0.119. The van der Waals surface area contributed by atoms with E-state index in [-0.39, 0.29) is 12.1 Å². The number of likely N-dealkylation sites (tertiary alicyclic amines) is 1. The Morgan fingerprint density at radius 3 is 3.22 bits per heavy atom. The highest BCUT2D eigenvalue weighted by Crippen LogP contribution is 2.31. The van der Waals surface area contributed by atoms with E-state index in [4.69, 9.17) is 9.15 Å². The molecule has 1 saturated heterocycles. The number of hydrogen-bond donors (Lipinski definition) is 1. The Labute approximate surface area is 139 Å². The summed E-state index contributed by atoms with van der Waals surface area (Å²) in [4.78, 5) is 18.9. The van der Waals surface area contributed by atoms with Gasteiger partial charge in [-0.2, -0.15) is 0 Å². The highest BCUT2D eigenvalue weighted by Gasteiger charge is 2.29. The van der Waals surface area contributed by atoms with Gasteiger partial charge in [-0.25, -0.2) is 9.78 Å². The lowest BCUT2D eigenvalue weighted by molar-refractivity contribution is 0.179. The van der Waals surface area contributed by atoms with Crippen molar-refractivity contribution in [2.75, 3.05) is 19.0 Å². The minimum absolute atomic E-state index is 0.00842. The lowest BCUT2D eigenvalue weighted by Gasteiger charge is -2.28. The van der Waals surface area contributed by atoms with Gasteiger partial charge in [0, 0.05) is 19.0 Å². The number of methoxy groups -OCH3 is 1. The van der Waals surface area contributed by atoms with E-state index in [2.05, 4.69) is 10.3 Å². The number of nitrogens with zero attached hydrogens (tertiary/aromatic N) is 2. The van der Waals surface area contributed by atoms with Gasteiger partial charge in [-0.3, -0.25) is 5.32 Å². The van der Waals surface area contributed by atoms with Crippen LogP contribution in [-0.2, 0) is 11.3 Å². The summed E-state index contributed by atoms with van der Waals surface area (Å²) in [5, 5.41) is 5.40. The van der Waals surface area contributed by atoms with Gasteiger partial charge in [-0.15, -0.1) is 11.3 Å². The van der Waals surface area contributed by atoms with Crippen LogP contribution in [0, 0.1) is 0 Å². The van der Waals surface area contributed by atoms with Gasteiger partial charge >= 0.3 is 6.03 Å². The van der Waals surface area contributed by atoms with E-state index in [1.807, 2.05) is 22.4 Å². The molecule has 6 nitrogen and oxygen atoms in total. The van der Waals surface area contributed by atoms with E-state index >= 15 is 0 Å². The molecule has 3 rings (SSSR count). The first-order chi connectivity index (χ1) is 11.3. The van der Waals surface area contributed by atoms with Gasteiger partial charge in [0.2, 0.25) is 0 Å². The van der Waals surface area contributed by atoms with E-state index < -0.39 is 0 Å². The van der Waals surface area contributed by atoms with Crippen LogP contribution in [0.2, 0.25) is 0 Å². The Morgan fingerprint density at radius 1 is 1.52 bits per heavy atom. The van der Waals surface area contributed by atoms with Gasteiger partial charge in [0.15, 0.2) is 5.13 Å². The molecule has 0 saturated carbocycles. The molecule has 0 spiro atoms. The number of carbonyl (C=O) groups is 1. The van der Waals surface area contributed by atoms with Crippen LogP contribution < -0.4 is 5.32 Å². The summed E-state index contributed by atoms with van der Waals surface area (Å²) in [6, 6.07) is 3.68. The van der Waals surface area contributed by atoms with Crippen molar-refractivity contribution in [1.82, 2.24) is 9.88 Å². The van der Waals surface area contributed by atoms with Crippen molar-refractivity contribution in [2.24, 2.45) is 0 Å². The summed E-state index contributed by atoms with van der Waals surface area (Å²) in [5.41, 5.74) is 0.825. The van der Waals surface area contributed by atoms with E-state index in [0.29, 0.717) is 11.7 Å². The number of anilines is 1. The molecule has 1 aliphatic heterocycles. The number of thiazole rings is 1. The Kier molecular flexibility index (Phi) is 5.30. The molecule has 1 fully saturated rings. The molecule has 0 bridgehead atoms. The smallest absolute Gasteiger partial charge is 0.324 e. The lowest BCUT2D eigenvalue weighted by Crippen LogP contribution is -2.37. The average molecular weight is 335 g/mol. The molecule has 0 radical (unpaired) electrons. The van der Waals surface area contributed by atoms with Crippen molar-refractivity contribution in [3.05, 3.63) is 35.2 Å². The van der Waals surface area contributed by atoms with Crippen molar-refractivity contribution >= 4 is 22.5 Å². The topological polar surface area (TPSA) is 67.6 Å². The number of rotatable bonds is 4. The van der Waals surface area contributed by atoms with E-state index in [1.54, 1.807) is 13.4 Å². The van der Waals surface area contributed by atoms with Crippen LogP contribution in [-0.4, -0.2) is 29.6 Å². The maximum atomic E-state index is 12.7. The highest BCUT2D eigenvalue weighted by atomic mass is 32.1. The zero-order valence-electron chi connectivity index (χ0n) is 13.2. The number of urea groups is 1. The quantitative estimate of drug-likeness (QED) is 0.916. The number of nitrogens with one attached hydrogen (secondary N) is 1. The Hall–Kier alpha value is -1.86. The molecule has 0 unspecified atom stereocenters. The van der Waals surface area contributed by atoms with Crippen molar-refractivity contribution < 1.29 is 13.9 Å². The maximum absolute atomic E-state index is 12.7. The summed E-state index contributed by atoms with van der Waals surface area (Å²) >= 11 is 1.41. The van der Waals surface area contributed by atoms with Crippen LogP contribution in [0.15, 0.2) is 28.2 Å². The van der Waals surface area contributed by atoms with Crippen LogP contribution in [0.4, 0.5) is 9.93 Å². The molecular weight excluding hydrogens is 314 g/mol. The van der Waals surface area contributed by atoms with Gasteiger partial charge in [0.1, 0.15) is 5.76 Å². The van der Waals surface area contributed by atoms with Gasteiger partial charge in [0.05, 0.1) is 24.6 Å². The normalized spacial score (nSPS) is 18.7. The third-order valence-corrected chi connectivity index (χ3v) is 4.75. The van der Waals surface area contributed by atoms with Gasteiger partial charge in [0.25, 0.3) is 0 Å². The molecule has 7 heteroatoms. The number of amides is 2. The Balaban J connectivity index is 1.72. The predicted octanol–water partition coefficient (Wildman–Crippen LogP) is 4.03. The second-order valence-corrected chi connectivity index (χ2v) is 6.44. The van der Waals surface area contributed by atoms with E-state index in [9.17, 15) is 4.79 Å². The van der Waals surface area contributed by atoms with Crippen LogP contribution in [0.1, 0.15) is 43.2 Å². The molecule has 0 aliphatic carbocycles. The summed E-state index contributed by atoms with van der Waals surface area (Å²) in [7, 11) is 1.63. The van der Waals surface area contributed by atoms with E-state index in [1.165, 1.54) is 11.3 Å². The standard InChI is InChI=1S/C16H21N3O3S/c1-21-10-12-11-23-15(17-12)18-16(20)19-8-4-2-3-6-13(19)14-7-5-9-22-14/h5,7,9,11,13H,2-4,6,8,10H2,1H3,(H,17,18,20)/t13-/m0/s1. The molecule has 23 heavy (non-hydrogen) atoms. The number of furan rings is 1. The highest BCUT2D eigenvalue weighted by molar-refractivity contribution is 7.13. The Morgan fingerprint density at radius 2 is 2.43 bits per heavy atom. The van der Waals surface area contributed by atoms with Gasteiger partial charge < -0.3 is 14.1 Å². The van der Waals surface area contributed by atoms with Crippen LogP contribution in [0.3, 0.4) is 0 Å². The first-order valence-corrected chi connectivity index (χ1v) is 8.70. The largest absolute Gasteiger partial charge is 0.467 e. The molecule has 2 aromatic heterocycles. The fourth-order valence-corrected chi connectivity index (χ4v) is 3.55. The second kappa shape index (κ2) is 7.61. The molecule has 2 amide bonds. The molecule has 1 aliphatic rings. The fourth-order valence-electron chi connectivity index (χ4n) is 2.87. The minimum Gasteiger partial charge on any atom is -0.467 e. The average Bonchev–Trinajstić information content (AvgIpc) is 3.15. The second-order valence-electron chi connectivity index (χ2n) is 5.58. The number of carbonyl (C=O) groups excluding carboxylic acids is 1. The van der Waals surface area contributed by atoms with Gasteiger partial charge in [-0.05, 0) is 25.0 Å². The number of hydrogen-bond acceptors (Lipinski definition) is 5. The molecular formula is C16H21N3O3S. The number of aromatic nitrogens is 1. The Bertz CT molecular complexity index is 626. The van der Waals surface area contributed by atoms with Crippen molar-refractivity contribution in [3.63, 3.8) is 0 Å². The maximum Gasteiger partial charge on any atom is 0.324 e. The summed E-state index contributed by atoms with van der Waals surface area (Å²) in [6.07, 6.45) is 5.83. The first kappa shape index (κ1) is 16.0. The van der Waals surface area contributed by atoms with Crippen LogP contribution in [0.5, 0.6) is 0 Å². The van der Waals surface area contributed by atoms with Crippen molar-refractivity contribution in [2.45, 2.75) is 38.3 Å². The SMILES string of the molecule is COCc1csc(NC(=O)N2CCCCC[C@H]2c2ccco2)n1. The summed E-state index contributed by atoms with van der Waals surface area (Å²) < 4.78 is 10.6. The molecule has 0 aromatic carbocycles. The molecule has 3 heterocycles. The molecule has 2 aromatic rings. The molecule has 1 atom stereocenters. The fraction of sp³-hybridized carbons (Fsp3) is 0.500. The van der Waals surface area contributed by atoms with Crippen LogP contribution in [0.25, 0.3) is 0 Å². The van der Waals surface area contributed by atoms with Crippen molar-refractivity contribution in [3.8, 4) is 0 Å². The molecule has 124 valence electrons. The zero-order valence-corrected chi connectivity index (χ0v) is 14.0. The van der Waals surface area contributed by atoms with E-state index in [0.717, 1.165) is 43.7 Å². The monoisotopic (exact) mass is 335 g/mol. The summed E-state index contributed by atoms with van der Waals surface area (Å²) in [6.45, 7) is 1.18. The number of ether oxygens (including phenoxy) is 1. The van der Waals surface area contributed by atoms with Crippen molar-refractivity contribution in [1.29, 1.82) is 0 Å². The molecule has 1 N–H and O–H groups in total. The lowest BCUT2D eigenvalue weighted by atomic mass is 10.1. The first-order valence-electron chi connectivity index (χ1n) is 7.82. The third-order valence-electron chi connectivity index (χ3n) is 3.94. The predicted molar refractivity (Wildman–Crippen MR) is 88.5 cm³/mol. The van der Waals surface area contributed by atoms with Crippen LogP contribution >= 0.6 is 11.3 Å². The third kappa shape index (κ3) is 3.92. The van der Waals surface area contributed by atoms with Gasteiger partial charge in [-0.1, -0.05) is 12.8 Å². The summed E-state index contributed by atoms with van der Waals surface area (Å²) in [5.74, 6) is 0.848. The zero-order chi connectivity index (χ0) is 16.1.